The summed E-state index contributed by atoms with van der Waals surface area (Å²) >= 11 is 0. The van der Waals surface area contributed by atoms with Gasteiger partial charge in [-0.25, -0.2) is 0 Å². The molecular weight excluding hydrogens is 260 g/mol. The van der Waals surface area contributed by atoms with Gasteiger partial charge in [0.1, 0.15) is 0 Å². The van der Waals surface area contributed by atoms with Gasteiger partial charge in [0.05, 0.1) is 6.04 Å². The standard InChI is InChI=1S/C18H38N2O/c1-5-7-9-11-13-20(14-12-10-8-6-2)18(21)17(19)15-16(3)4/h16-17H,5-15,19H2,1-4H3/t17-/m1/s1. The molecule has 0 rings (SSSR count). The minimum Gasteiger partial charge on any atom is -0.341 e. The van der Waals surface area contributed by atoms with Gasteiger partial charge < -0.3 is 10.6 Å². The number of hydrogen-bond donors (Lipinski definition) is 1. The lowest BCUT2D eigenvalue weighted by atomic mass is 10.0. The van der Waals surface area contributed by atoms with Crippen molar-refractivity contribution in [3.63, 3.8) is 0 Å². The van der Waals surface area contributed by atoms with Crippen molar-refractivity contribution in [2.75, 3.05) is 13.1 Å². The highest BCUT2D eigenvalue weighted by Gasteiger charge is 2.21. The van der Waals surface area contributed by atoms with Gasteiger partial charge in [0.2, 0.25) is 5.91 Å². The first-order valence-corrected chi connectivity index (χ1v) is 9.07. The monoisotopic (exact) mass is 298 g/mol. The topological polar surface area (TPSA) is 46.3 Å². The zero-order valence-corrected chi connectivity index (χ0v) is 14.9. The Labute approximate surface area is 132 Å². The van der Waals surface area contributed by atoms with E-state index in [4.69, 9.17) is 5.73 Å². The van der Waals surface area contributed by atoms with E-state index in [9.17, 15) is 4.79 Å². The van der Waals surface area contributed by atoms with E-state index in [1.54, 1.807) is 0 Å². The molecule has 0 aromatic rings. The highest BCUT2D eigenvalue weighted by Crippen LogP contribution is 2.10. The van der Waals surface area contributed by atoms with Crippen molar-refractivity contribution in [3.8, 4) is 0 Å². The Morgan fingerprint density at radius 2 is 1.38 bits per heavy atom. The third kappa shape index (κ3) is 10.8. The van der Waals surface area contributed by atoms with Crippen LogP contribution in [0.25, 0.3) is 0 Å². The van der Waals surface area contributed by atoms with Crippen molar-refractivity contribution >= 4 is 5.91 Å². The van der Waals surface area contributed by atoms with E-state index < -0.39 is 0 Å². The quantitative estimate of drug-likeness (QED) is 0.514. The SMILES string of the molecule is CCCCCCN(CCCCCC)C(=O)[C@H](N)CC(C)C. The minimum atomic E-state index is -0.317. The third-order valence-electron chi connectivity index (χ3n) is 3.92. The molecule has 0 aromatic carbocycles. The molecule has 0 aromatic heterocycles. The number of amides is 1. The predicted molar refractivity (Wildman–Crippen MR) is 92.3 cm³/mol. The molecule has 0 saturated carbocycles. The van der Waals surface area contributed by atoms with Gasteiger partial charge in [-0.2, -0.15) is 0 Å². The van der Waals surface area contributed by atoms with Crippen LogP contribution in [0.4, 0.5) is 0 Å². The summed E-state index contributed by atoms with van der Waals surface area (Å²) < 4.78 is 0. The molecule has 0 bridgehead atoms. The van der Waals surface area contributed by atoms with Gasteiger partial charge in [-0.05, 0) is 25.2 Å². The van der Waals surface area contributed by atoms with E-state index in [0.29, 0.717) is 5.92 Å². The van der Waals surface area contributed by atoms with Crippen LogP contribution in [-0.2, 0) is 4.79 Å². The second-order valence-electron chi connectivity index (χ2n) is 6.68. The maximum absolute atomic E-state index is 12.5. The summed E-state index contributed by atoms with van der Waals surface area (Å²) in [5, 5.41) is 0. The third-order valence-corrected chi connectivity index (χ3v) is 3.92. The molecule has 0 radical (unpaired) electrons. The first-order valence-electron chi connectivity index (χ1n) is 9.07. The van der Waals surface area contributed by atoms with Gasteiger partial charge in [-0.3, -0.25) is 4.79 Å². The molecule has 0 spiro atoms. The van der Waals surface area contributed by atoms with Crippen molar-refractivity contribution in [2.24, 2.45) is 11.7 Å². The Kier molecular flexibility index (Phi) is 12.8. The lowest BCUT2D eigenvalue weighted by molar-refractivity contribution is -0.133. The summed E-state index contributed by atoms with van der Waals surface area (Å²) in [5.74, 6) is 0.641. The molecule has 0 aliphatic heterocycles. The van der Waals surface area contributed by atoms with E-state index >= 15 is 0 Å². The maximum Gasteiger partial charge on any atom is 0.239 e. The van der Waals surface area contributed by atoms with E-state index in [-0.39, 0.29) is 11.9 Å². The Morgan fingerprint density at radius 1 is 0.905 bits per heavy atom. The van der Waals surface area contributed by atoms with Crippen LogP contribution in [0.15, 0.2) is 0 Å². The lowest BCUT2D eigenvalue weighted by Gasteiger charge is -2.26. The van der Waals surface area contributed by atoms with Crippen LogP contribution in [0.5, 0.6) is 0 Å². The molecular formula is C18H38N2O. The van der Waals surface area contributed by atoms with Gasteiger partial charge in [0, 0.05) is 13.1 Å². The Morgan fingerprint density at radius 3 is 1.76 bits per heavy atom. The molecule has 126 valence electrons. The van der Waals surface area contributed by atoms with Gasteiger partial charge in [-0.1, -0.05) is 66.2 Å². The fourth-order valence-electron chi connectivity index (χ4n) is 2.63. The normalized spacial score (nSPS) is 12.7. The number of hydrogen-bond acceptors (Lipinski definition) is 2. The number of nitrogens with two attached hydrogens (primary N) is 1. The zero-order chi connectivity index (χ0) is 16.1. The van der Waals surface area contributed by atoms with Crippen LogP contribution < -0.4 is 5.73 Å². The molecule has 3 heteroatoms. The highest BCUT2D eigenvalue weighted by molar-refractivity contribution is 5.81. The molecule has 0 saturated heterocycles. The minimum absolute atomic E-state index is 0.164. The molecule has 0 fully saturated rings. The summed E-state index contributed by atoms with van der Waals surface area (Å²) in [6, 6.07) is -0.317. The van der Waals surface area contributed by atoms with E-state index in [1.165, 1.54) is 38.5 Å². The van der Waals surface area contributed by atoms with E-state index in [0.717, 1.165) is 32.4 Å². The van der Waals surface area contributed by atoms with Gasteiger partial charge >= 0.3 is 0 Å². The Hall–Kier alpha value is -0.570. The number of rotatable bonds is 13. The smallest absolute Gasteiger partial charge is 0.239 e. The molecule has 0 aliphatic rings. The highest BCUT2D eigenvalue weighted by atomic mass is 16.2. The fraction of sp³-hybridized carbons (Fsp3) is 0.944. The van der Waals surface area contributed by atoms with Crippen LogP contribution in [0.1, 0.15) is 85.5 Å². The summed E-state index contributed by atoms with van der Waals surface area (Å²) in [6.45, 7) is 10.5. The Balaban J connectivity index is 4.28. The zero-order valence-electron chi connectivity index (χ0n) is 14.9. The number of nitrogens with zero attached hydrogens (tertiary/aromatic N) is 1. The van der Waals surface area contributed by atoms with Crippen molar-refractivity contribution in [1.29, 1.82) is 0 Å². The molecule has 1 atom stereocenters. The predicted octanol–water partition coefficient (Wildman–Crippen LogP) is 4.35. The van der Waals surface area contributed by atoms with Crippen molar-refractivity contribution in [3.05, 3.63) is 0 Å². The molecule has 0 heterocycles. The maximum atomic E-state index is 12.5. The van der Waals surface area contributed by atoms with Crippen LogP contribution in [0, 0.1) is 5.92 Å². The molecule has 21 heavy (non-hydrogen) atoms. The molecule has 0 unspecified atom stereocenters. The fourth-order valence-corrected chi connectivity index (χ4v) is 2.63. The van der Waals surface area contributed by atoms with Crippen molar-refractivity contribution < 1.29 is 4.79 Å². The summed E-state index contributed by atoms with van der Waals surface area (Å²) in [6.07, 6.45) is 10.4. The number of carbonyl (C=O) groups is 1. The van der Waals surface area contributed by atoms with Gasteiger partial charge in [0.15, 0.2) is 0 Å². The van der Waals surface area contributed by atoms with Gasteiger partial charge in [0.25, 0.3) is 0 Å². The number of carbonyl (C=O) groups excluding carboxylic acids is 1. The summed E-state index contributed by atoms with van der Waals surface area (Å²) in [7, 11) is 0. The lowest BCUT2D eigenvalue weighted by Crippen LogP contribution is -2.45. The molecule has 3 nitrogen and oxygen atoms in total. The molecule has 2 N–H and O–H groups in total. The van der Waals surface area contributed by atoms with Crippen LogP contribution in [0.3, 0.4) is 0 Å². The second-order valence-corrected chi connectivity index (χ2v) is 6.68. The van der Waals surface area contributed by atoms with Gasteiger partial charge in [-0.15, -0.1) is 0 Å². The average molecular weight is 299 g/mol. The van der Waals surface area contributed by atoms with Crippen molar-refractivity contribution in [2.45, 2.75) is 91.5 Å². The Bertz CT molecular complexity index is 242. The summed E-state index contributed by atoms with van der Waals surface area (Å²) in [5.41, 5.74) is 6.09. The molecule has 1 amide bonds. The van der Waals surface area contributed by atoms with Crippen LogP contribution in [0.2, 0.25) is 0 Å². The molecule has 0 aliphatic carbocycles. The van der Waals surface area contributed by atoms with E-state index in [1.807, 2.05) is 4.90 Å². The first kappa shape index (κ1) is 20.4. The first-order chi connectivity index (χ1) is 10.0. The van der Waals surface area contributed by atoms with Crippen LogP contribution in [-0.4, -0.2) is 29.9 Å². The van der Waals surface area contributed by atoms with Crippen LogP contribution >= 0.6 is 0 Å². The second kappa shape index (κ2) is 13.1. The van der Waals surface area contributed by atoms with E-state index in [2.05, 4.69) is 27.7 Å². The number of unbranched alkanes of at least 4 members (excludes halogenated alkanes) is 6. The van der Waals surface area contributed by atoms with Crippen molar-refractivity contribution in [1.82, 2.24) is 4.90 Å². The average Bonchev–Trinajstić information content (AvgIpc) is 2.44. The largest absolute Gasteiger partial charge is 0.341 e. The summed E-state index contributed by atoms with van der Waals surface area (Å²) in [4.78, 5) is 14.5.